The van der Waals surface area contributed by atoms with Gasteiger partial charge in [-0.1, -0.05) is 12.1 Å². The van der Waals surface area contributed by atoms with Gasteiger partial charge in [-0.15, -0.1) is 0 Å². The van der Waals surface area contributed by atoms with Gasteiger partial charge in [-0.25, -0.2) is 4.39 Å². The van der Waals surface area contributed by atoms with Crippen molar-refractivity contribution in [2.75, 3.05) is 19.7 Å². The van der Waals surface area contributed by atoms with Crippen molar-refractivity contribution in [3.63, 3.8) is 0 Å². The van der Waals surface area contributed by atoms with Crippen LogP contribution in [0.25, 0.3) is 0 Å². The maximum Gasteiger partial charge on any atom is 0.257 e. The smallest absolute Gasteiger partial charge is 0.257 e. The van der Waals surface area contributed by atoms with Crippen LogP contribution in [-0.4, -0.2) is 42.5 Å². The third-order valence-electron chi connectivity index (χ3n) is 5.02. The monoisotopic (exact) mass is 402 g/mol. The van der Waals surface area contributed by atoms with E-state index in [1.54, 1.807) is 36.9 Å². The molecular formula is C22H27FN2O4. The summed E-state index contributed by atoms with van der Waals surface area (Å²) >= 11 is 0. The van der Waals surface area contributed by atoms with Crippen molar-refractivity contribution >= 4 is 11.8 Å². The highest BCUT2D eigenvalue weighted by Crippen LogP contribution is 2.19. The molecule has 0 radical (unpaired) electrons. The number of halogens is 1. The van der Waals surface area contributed by atoms with Crippen LogP contribution in [0, 0.1) is 19.7 Å². The number of furan rings is 1. The first-order chi connectivity index (χ1) is 13.9. The predicted octanol–water partition coefficient (Wildman–Crippen LogP) is 3.36. The average molecular weight is 402 g/mol. The van der Waals surface area contributed by atoms with E-state index in [2.05, 4.69) is 5.32 Å². The van der Waals surface area contributed by atoms with E-state index in [9.17, 15) is 14.0 Å². The summed E-state index contributed by atoms with van der Waals surface area (Å²) in [6, 6.07) is 7.71. The molecule has 0 bridgehead atoms. The Kier molecular flexibility index (Phi) is 7.04. The molecule has 1 aliphatic rings. The molecule has 1 saturated heterocycles. The first-order valence-corrected chi connectivity index (χ1v) is 9.91. The van der Waals surface area contributed by atoms with Gasteiger partial charge in [0.1, 0.15) is 17.3 Å². The van der Waals surface area contributed by atoms with Crippen molar-refractivity contribution in [2.45, 2.75) is 45.8 Å². The van der Waals surface area contributed by atoms with Gasteiger partial charge < -0.3 is 19.4 Å². The first-order valence-electron chi connectivity index (χ1n) is 9.91. The minimum absolute atomic E-state index is 0.00506. The van der Waals surface area contributed by atoms with Gasteiger partial charge in [-0.05, 0) is 50.5 Å². The van der Waals surface area contributed by atoms with E-state index < -0.39 is 0 Å². The summed E-state index contributed by atoms with van der Waals surface area (Å²) < 4.78 is 24.1. The number of carbonyl (C=O) groups excluding carboxylic acids is 2. The van der Waals surface area contributed by atoms with Crippen LogP contribution in [0.1, 0.15) is 46.7 Å². The molecule has 1 fully saturated rings. The highest BCUT2D eigenvalue weighted by molar-refractivity contribution is 5.95. The molecule has 29 heavy (non-hydrogen) atoms. The van der Waals surface area contributed by atoms with Crippen LogP contribution in [0.5, 0.6) is 0 Å². The molecular weight excluding hydrogens is 375 g/mol. The maximum atomic E-state index is 13.0. The summed E-state index contributed by atoms with van der Waals surface area (Å²) in [5.41, 5.74) is 1.34. The fourth-order valence-electron chi connectivity index (χ4n) is 3.45. The first kappa shape index (κ1) is 21.0. The van der Waals surface area contributed by atoms with Crippen molar-refractivity contribution in [3.05, 3.63) is 58.8 Å². The molecule has 1 atom stereocenters. The fraction of sp³-hybridized carbons (Fsp3) is 0.455. The Balaban J connectivity index is 1.58. The quantitative estimate of drug-likeness (QED) is 0.735. The third kappa shape index (κ3) is 5.90. The number of ether oxygens (including phenoxy) is 1. The largest absolute Gasteiger partial charge is 0.466 e. The number of benzene rings is 1. The topological polar surface area (TPSA) is 71.8 Å². The lowest BCUT2D eigenvalue weighted by atomic mass is 10.1. The van der Waals surface area contributed by atoms with Crippen LogP contribution in [0.4, 0.5) is 4.39 Å². The molecule has 3 rings (SSSR count). The van der Waals surface area contributed by atoms with Gasteiger partial charge in [0.05, 0.1) is 11.7 Å². The molecule has 1 aromatic carbocycles. The number of nitrogens with one attached hydrogen (secondary N) is 1. The second kappa shape index (κ2) is 9.69. The molecule has 6 nitrogen and oxygen atoms in total. The van der Waals surface area contributed by atoms with E-state index in [0.29, 0.717) is 36.8 Å². The minimum atomic E-state index is -0.312. The molecule has 1 aliphatic heterocycles. The number of aryl methyl sites for hydroxylation is 2. The normalized spacial score (nSPS) is 16.0. The lowest BCUT2D eigenvalue weighted by Gasteiger charge is -2.25. The summed E-state index contributed by atoms with van der Waals surface area (Å²) in [6.07, 6.45) is 2.06. The number of rotatable bonds is 8. The zero-order valence-corrected chi connectivity index (χ0v) is 16.9. The highest BCUT2D eigenvalue weighted by Gasteiger charge is 2.26. The predicted molar refractivity (Wildman–Crippen MR) is 106 cm³/mol. The summed E-state index contributed by atoms with van der Waals surface area (Å²) in [5, 5.41) is 2.81. The van der Waals surface area contributed by atoms with Crippen molar-refractivity contribution in [1.82, 2.24) is 10.2 Å². The Morgan fingerprint density at radius 2 is 2.00 bits per heavy atom. The molecule has 1 aromatic heterocycles. The molecule has 2 heterocycles. The number of hydrogen-bond donors (Lipinski definition) is 1. The third-order valence-corrected chi connectivity index (χ3v) is 5.02. The molecule has 0 aliphatic carbocycles. The minimum Gasteiger partial charge on any atom is -0.466 e. The van der Waals surface area contributed by atoms with Gasteiger partial charge in [0.15, 0.2) is 0 Å². The van der Waals surface area contributed by atoms with E-state index in [-0.39, 0.29) is 36.7 Å². The van der Waals surface area contributed by atoms with Crippen LogP contribution < -0.4 is 5.32 Å². The maximum absolute atomic E-state index is 13.0. The van der Waals surface area contributed by atoms with Crippen LogP contribution in [0.3, 0.4) is 0 Å². The Morgan fingerprint density at radius 1 is 1.24 bits per heavy atom. The second-order valence-corrected chi connectivity index (χ2v) is 7.37. The second-order valence-electron chi connectivity index (χ2n) is 7.37. The summed E-state index contributed by atoms with van der Waals surface area (Å²) in [5.74, 6) is 0.624. The molecule has 2 aromatic rings. The van der Waals surface area contributed by atoms with E-state index in [0.717, 1.165) is 18.4 Å². The summed E-state index contributed by atoms with van der Waals surface area (Å²) in [4.78, 5) is 27.0. The van der Waals surface area contributed by atoms with E-state index >= 15 is 0 Å². The molecule has 7 heteroatoms. The standard InChI is InChI=1S/C22H27FN2O4/c1-15-12-20(16(2)29-15)22(27)25(14-19-4-3-11-28-19)10-9-21(26)24-13-17-5-7-18(23)8-6-17/h5-8,12,19H,3-4,9-11,13-14H2,1-2H3,(H,24,26)/t19-/m1/s1. The van der Waals surface area contributed by atoms with Crippen molar-refractivity contribution in [3.8, 4) is 0 Å². The Labute approximate surface area is 170 Å². The molecule has 1 N–H and O–H groups in total. The average Bonchev–Trinajstić information content (AvgIpc) is 3.33. The highest BCUT2D eigenvalue weighted by atomic mass is 19.1. The van der Waals surface area contributed by atoms with Crippen molar-refractivity contribution in [2.24, 2.45) is 0 Å². The molecule has 0 saturated carbocycles. The fourth-order valence-corrected chi connectivity index (χ4v) is 3.45. The molecule has 0 spiro atoms. The van der Waals surface area contributed by atoms with Crippen LogP contribution in [-0.2, 0) is 16.1 Å². The number of nitrogens with zero attached hydrogens (tertiary/aromatic N) is 1. The SMILES string of the molecule is Cc1cc(C(=O)N(CCC(=O)NCc2ccc(F)cc2)C[C@H]2CCCO2)c(C)o1. The van der Waals surface area contributed by atoms with Crippen LogP contribution in [0.2, 0.25) is 0 Å². The van der Waals surface area contributed by atoms with E-state index in [4.69, 9.17) is 9.15 Å². The zero-order valence-electron chi connectivity index (χ0n) is 16.9. The molecule has 156 valence electrons. The van der Waals surface area contributed by atoms with E-state index in [1.807, 2.05) is 0 Å². The van der Waals surface area contributed by atoms with Gasteiger partial charge >= 0.3 is 0 Å². The van der Waals surface area contributed by atoms with Crippen LogP contribution in [0.15, 0.2) is 34.7 Å². The lowest BCUT2D eigenvalue weighted by Crippen LogP contribution is -2.40. The van der Waals surface area contributed by atoms with Crippen molar-refractivity contribution < 1.29 is 23.1 Å². The lowest BCUT2D eigenvalue weighted by molar-refractivity contribution is -0.121. The number of hydrogen-bond acceptors (Lipinski definition) is 4. The molecule has 2 amide bonds. The molecule has 0 unspecified atom stereocenters. The Hall–Kier alpha value is -2.67. The zero-order chi connectivity index (χ0) is 20.8. The van der Waals surface area contributed by atoms with Gasteiger partial charge in [-0.2, -0.15) is 0 Å². The van der Waals surface area contributed by atoms with Gasteiger partial charge in [0.2, 0.25) is 5.91 Å². The van der Waals surface area contributed by atoms with Crippen molar-refractivity contribution in [1.29, 1.82) is 0 Å². The number of carbonyl (C=O) groups is 2. The summed E-state index contributed by atoms with van der Waals surface area (Å²) in [7, 11) is 0. The van der Waals surface area contributed by atoms with Gasteiger partial charge in [-0.3, -0.25) is 9.59 Å². The van der Waals surface area contributed by atoms with Gasteiger partial charge in [0.25, 0.3) is 5.91 Å². The van der Waals surface area contributed by atoms with Crippen LogP contribution >= 0.6 is 0 Å². The summed E-state index contributed by atoms with van der Waals surface area (Å²) in [6.45, 7) is 5.33. The Bertz CT molecular complexity index is 841. The Morgan fingerprint density at radius 3 is 2.62 bits per heavy atom. The van der Waals surface area contributed by atoms with Gasteiger partial charge in [0, 0.05) is 32.7 Å². The number of amides is 2. The van der Waals surface area contributed by atoms with E-state index in [1.165, 1.54) is 12.1 Å².